The van der Waals surface area contributed by atoms with Crippen LogP contribution >= 0.6 is 0 Å². The summed E-state index contributed by atoms with van der Waals surface area (Å²) >= 11 is 0. The molecule has 0 aliphatic rings. The highest BCUT2D eigenvalue weighted by atomic mass is 16.4. The molecule has 0 aromatic heterocycles. The molecule has 0 bridgehead atoms. The Morgan fingerprint density at radius 2 is 1.29 bits per heavy atom. The summed E-state index contributed by atoms with van der Waals surface area (Å²) in [5, 5.41) is 20.1. The Morgan fingerprint density at radius 1 is 0.743 bits per heavy atom. The van der Waals surface area contributed by atoms with Crippen molar-refractivity contribution in [3.63, 3.8) is 0 Å². The van der Waals surface area contributed by atoms with Crippen molar-refractivity contribution >= 4 is 11.9 Å². The van der Waals surface area contributed by atoms with Gasteiger partial charge < -0.3 is 10.2 Å². The number of carbonyl (C=O) groups is 2. The van der Waals surface area contributed by atoms with E-state index in [9.17, 15) is 19.8 Å². The molecule has 0 saturated carbocycles. The third kappa shape index (κ3) is 5.82. The van der Waals surface area contributed by atoms with E-state index < -0.39 is 11.9 Å². The van der Waals surface area contributed by atoms with Crippen LogP contribution < -0.4 is 0 Å². The molecule has 0 aliphatic carbocycles. The Balaban J connectivity index is 2.57. The van der Waals surface area contributed by atoms with Gasteiger partial charge in [0.1, 0.15) is 0 Å². The number of aryl methyl sites for hydroxylation is 1. The predicted octanol–water partition coefficient (Wildman–Crippen LogP) is 7.91. The summed E-state index contributed by atoms with van der Waals surface area (Å²) in [7, 11) is 0. The van der Waals surface area contributed by atoms with Crippen molar-refractivity contribution in [3.8, 4) is 22.3 Å². The van der Waals surface area contributed by atoms with Crippen molar-refractivity contribution in [2.75, 3.05) is 0 Å². The molecule has 2 N–H and O–H groups in total. The van der Waals surface area contributed by atoms with E-state index in [1.165, 1.54) is 5.56 Å². The first-order valence-corrected chi connectivity index (χ1v) is 12.6. The van der Waals surface area contributed by atoms with Crippen molar-refractivity contribution < 1.29 is 19.8 Å². The zero-order valence-corrected chi connectivity index (χ0v) is 21.2. The van der Waals surface area contributed by atoms with Gasteiger partial charge in [-0.25, -0.2) is 9.59 Å². The third-order valence-electron chi connectivity index (χ3n) is 6.39. The van der Waals surface area contributed by atoms with E-state index in [-0.39, 0.29) is 11.1 Å². The molecule has 184 valence electrons. The number of hydrogen-bond acceptors (Lipinski definition) is 2. The Hall–Kier alpha value is -3.40. The lowest BCUT2D eigenvalue weighted by Gasteiger charge is -2.25. The molecule has 0 radical (unpaired) electrons. The van der Waals surface area contributed by atoms with Crippen LogP contribution in [-0.4, -0.2) is 22.2 Å². The minimum absolute atomic E-state index is 0.233. The normalized spacial score (nSPS) is 11.1. The average Bonchev–Trinajstić information content (AvgIpc) is 2.82. The maximum Gasteiger partial charge on any atom is 0.336 e. The lowest BCUT2D eigenvalue weighted by molar-refractivity contribution is 0.0686. The van der Waals surface area contributed by atoms with Crippen LogP contribution in [0.15, 0.2) is 54.6 Å². The summed E-state index contributed by atoms with van der Waals surface area (Å²) in [5.41, 5.74) is 6.97. The SMILES string of the molecule is CCCCc1c(CC(C)C)cc(CCC)c(-c2ccccc2C(=O)O)c1-c1ccccc1C(=O)O. The summed E-state index contributed by atoms with van der Waals surface area (Å²) in [6, 6.07) is 16.5. The van der Waals surface area contributed by atoms with Gasteiger partial charge in [0.15, 0.2) is 0 Å². The standard InChI is InChI=1S/C31H36O4/c1-5-7-13-23-22(18-20(3)4)19-21(12-6-2)28(24-14-8-10-16-26(24)30(32)33)29(23)25-15-9-11-17-27(25)31(34)35/h8-11,14-17,19-20H,5-7,12-13,18H2,1-4H3,(H,32,33)(H,34,35). The first-order valence-electron chi connectivity index (χ1n) is 12.6. The quantitative estimate of drug-likeness (QED) is 0.297. The van der Waals surface area contributed by atoms with Gasteiger partial charge >= 0.3 is 11.9 Å². The van der Waals surface area contributed by atoms with Crippen LogP contribution in [0.1, 0.15) is 84.4 Å². The molecule has 0 aliphatic heterocycles. The lowest BCUT2D eigenvalue weighted by Crippen LogP contribution is -2.10. The number of carboxylic acid groups (broad SMARTS) is 2. The average molecular weight is 473 g/mol. The fraction of sp³-hybridized carbons (Fsp3) is 0.355. The van der Waals surface area contributed by atoms with Gasteiger partial charge in [0.25, 0.3) is 0 Å². The zero-order valence-electron chi connectivity index (χ0n) is 21.2. The molecular weight excluding hydrogens is 436 g/mol. The summed E-state index contributed by atoms with van der Waals surface area (Å²) in [6.45, 7) is 8.66. The summed E-state index contributed by atoms with van der Waals surface area (Å²) in [5.74, 6) is -1.53. The van der Waals surface area contributed by atoms with Crippen LogP contribution in [0, 0.1) is 5.92 Å². The molecule has 0 fully saturated rings. The molecule has 35 heavy (non-hydrogen) atoms. The van der Waals surface area contributed by atoms with Gasteiger partial charge in [0, 0.05) is 0 Å². The van der Waals surface area contributed by atoms with E-state index in [1.807, 2.05) is 24.3 Å². The maximum atomic E-state index is 12.3. The number of carboxylic acids is 2. The Bertz CT molecular complexity index is 1210. The maximum absolute atomic E-state index is 12.3. The number of aromatic carboxylic acids is 2. The van der Waals surface area contributed by atoms with Gasteiger partial charge in [-0.05, 0) is 82.7 Å². The van der Waals surface area contributed by atoms with Crippen molar-refractivity contribution in [2.45, 2.75) is 66.2 Å². The number of rotatable bonds is 11. The Labute approximate surface area is 208 Å². The van der Waals surface area contributed by atoms with Crippen molar-refractivity contribution in [1.82, 2.24) is 0 Å². The Kier molecular flexibility index (Phi) is 8.86. The number of hydrogen-bond donors (Lipinski definition) is 2. The number of benzene rings is 3. The van der Waals surface area contributed by atoms with Crippen LogP contribution in [0.3, 0.4) is 0 Å². The van der Waals surface area contributed by atoms with Crippen LogP contribution in [0.2, 0.25) is 0 Å². The van der Waals surface area contributed by atoms with E-state index in [2.05, 4.69) is 33.8 Å². The Morgan fingerprint density at radius 3 is 1.77 bits per heavy atom. The number of unbranched alkanes of at least 4 members (excludes halogenated alkanes) is 1. The third-order valence-corrected chi connectivity index (χ3v) is 6.39. The van der Waals surface area contributed by atoms with E-state index in [0.717, 1.165) is 60.8 Å². The smallest absolute Gasteiger partial charge is 0.336 e. The van der Waals surface area contributed by atoms with Gasteiger partial charge in [-0.15, -0.1) is 0 Å². The van der Waals surface area contributed by atoms with Crippen LogP contribution in [0.25, 0.3) is 22.3 Å². The molecule has 0 atom stereocenters. The predicted molar refractivity (Wildman–Crippen MR) is 142 cm³/mol. The molecule has 0 unspecified atom stereocenters. The zero-order chi connectivity index (χ0) is 25.5. The minimum atomic E-state index is -0.984. The van der Waals surface area contributed by atoms with Crippen molar-refractivity contribution in [2.24, 2.45) is 5.92 Å². The van der Waals surface area contributed by atoms with Crippen LogP contribution in [-0.2, 0) is 19.3 Å². The lowest BCUT2D eigenvalue weighted by atomic mass is 9.78. The summed E-state index contributed by atoms with van der Waals surface area (Å²) < 4.78 is 0. The van der Waals surface area contributed by atoms with Crippen molar-refractivity contribution in [3.05, 3.63) is 82.4 Å². The first-order chi connectivity index (χ1) is 16.8. The second kappa shape index (κ2) is 11.8. The molecule has 0 heterocycles. The molecule has 0 spiro atoms. The van der Waals surface area contributed by atoms with E-state index >= 15 is 0 Å². The van der Waals surface area contributed by atoms with Crippen LogP contribution in [0.5, 0.6) is 0 Å². The monoisotopic (exact) mass is 472 g/mol. The van der Waals surface area contributed by atoms with Gasteiger partial charge in [0.05, 0.1) is 11.1 Å². The summed E-state index contributed by atoms with van der Waals surface area (Å²) in [4.78, 5) is 24.6. The highest BCUT2D eigenvalue weighted by Crippen LogP contribution is 2.43. The second-order valence-electron chi connectivity index (χ2n) is 9.58. The van der Waals surface area contributed by atoms with Crippen molar-refractivity contribution in [1.29, 1.82) is 0 Å². The topological polar surface area (TPSA) is 74.6 Å². The van der Waals surface area contributed by atoms with Gasteiger partial charge in [-0.1, -0.05) is 83.0 Å². The van der Waals surface area contributed by atoms with E-state index in [1.54, 1.807) is 24.3 Å². The molecule has 3 aromatic carbocycles. The molecule has 3 rings (SSSR count). The van der Waals surface area contributed by atoms with Gasteiger partial charge in [0.2, 0.25) is 0 Å². The largest absolute Gasteiger partial charge is 0.478 e. The fourth-order valence-corrected chi connectivity index (χ4v) is 4.95. The molecular formula is C31H36O4. The van der Waals surface area contributed by atoms with Gasteiger partial charge in [-0.3, -0.25) is 0 Å². The molecule has 0 saturated heterocycles. The van der Waals surface area contributed by atoms with Gasteiger partial charge in [-0.2, -0.15) is 0 Å². The molecule has 4 heteroatoms. The van der Waals surface area contributed by atoms with Crippen LogP contribution in [0.4, 0.5) is 0 Å². The second-order valence-corrected chi connectivity index (χ2v) is 9.58. The highest BCUT2D eigenvalue weighted by molar-refractivity contribution is 6.04. The van der Waals surface area contributed by atoms with E-state index in [4.69, 9.17) is 0 Å². The van der Waals surface area contributed by atoms with E-state index in [0.29, 0.717) is 17.0 Å². The fourth-order valence-electron chi connectivity index (χ4n) is 4.95. The highest BCUT2D eigenvalue weighted by Gasteiger charge is 2.26. The molecule has 0 amide bonds. The molecule has 4 nitrogen and oxygen atoms in total. The minimum Gasteiger partial charge on any atom is -0.478 e. The molecule has 3 aromatic rings. The first kappa shape index (κ1) is 26.2. The summed E-state index contributed by atoms with van der Waals surface area (Å²) in [6.07, 6.45) is 5.37.